The van der Waals surface area contributed by atoms with Crippen molar-refractivity contribution in [3.05, 3.63) is 155 Å². The Balaban J connectivity index is 1.21. The Morgan fingerprint density at radius 2 is 1.21 bits per heavy atom. The molecular formula is C46H56N2O8. The quantitative estimate of drug-likeness (QED) is 0.0617. The lowest BCUT2D eigenvalue weighted by atomic mass is 10.0. The van der Waals surface area contributed by atoms with E-state index in [1.54, 1.807) is 11.9 Å². The number of likely N-dealkylation sites (N-methyl/N-ethyl adjacent to an activating group) is 2. The average Bonchev–Trinajstić information content (AvgIpc) is 3.18. The summed E-state index contributed by atoms with van der Waals surface area (Å²) in [7, 11) is 3.58. The maximum Gasteiger partial charge on any atom is 0.317 e. The Morgan fingerprint density at radius 3 is 1.80 bits per heavy atom. The number of carboxylic acids is 2. The minimum Gasteiger partial charge on any atom is -0.489 e. The molecule has 0 unspecified atom stereocenters. The van der Waals surface area contributed by atoms with Gasteiger partial charge in [-0.3, -0.25) is 19.4 Å². The summed E-state index contributed by atoms with van der Waals surface area (Å²) < 4.78 is 18.1. The largest absolute Gasteiger partial charge is 0.489 e. The van der Waals surface area contributed by atoms with Crippen molar-refractivity contribution in [3.63, 3.8) is 0 Å². The maximum absolute atomic E-state index is 11.5. The molecule has 0 saturated heterocycles. The van der Waals surface area contributed by atoms with Crippen LogP contribution in [0, 0.1) is 0 Å². The fraction of sp³-hybridized carbons (Fsp3) is 0.348. The lowest BCUT2D eigenvalue weighted by Crippen LogP contribution is -2.40. The molecule has 0 aliphatic carbocycles. The fourth-order valence-electron chi connectivity index (χ4n) is 6.24. The predicted octanol–water partition coefficient (Wildman–Crippen LogP) is 6.84. The number of carboxylic acid groups (broad SMARTS) is 2. The molecule has 10 heteroatoms. The first-order valence-electron chi connectivity index (χ1n) is 19.0. The molecule has 0 aromatic heterocycles. The second kappa shape index (κ2) is 23.6. The SMILES string of the molecule is C/C(=C\C=C/Cc1cccc(COc2ccc(C[C@@H](CCO)N(C)CC(=O)O)cc2)c1)COC[C@H](Cc1ccc(OCc2ccccc2)cc1)N(C)CC(=O)O. The van der Waals surface area contributed by atoms with Crippen molar-refractivity contribution in [2.24, 2.45) is 0 Å². The summed E-state index contributed by atoms with van der Waals surface area (Å²) in [6.45, 7) is 3.62. The van der Waals surface area contributed by atoms with Crippen molar-refractivity contribution in [2.75, 3.05) is 47.0 Å². The van der Waals surface area contributed by atoms with Crippen LogP contribution in [-0.4, -0.2) is 96.1 Å². The van der Waals surface area contributed by atoms with Crippen LogP contribution >= 0.6 is 0 Å². The zero-order valence-corrected chi connectivity index (χ0v) is 32.8. The number of hydrogen-bond donors (Lipinski definition) is 3. The van der Waals surface area contributed by atoms with Gasteiger partial charge in [0.2, 0.25) is 0 Å². The first kappa shape index (κ1) is 43.5. The van der Waals surface area contributed by atoms with Crippen LogP contribution in [0.15, 0.2) is 127 Å². The van der Waals surface area contributed by atoms with Crippen LogP contribution < -0.4 is 9.47 Å². The van der Waals surface area contributed by atoms with Gasteiger partial charge >= 0.3 is 11.9 Å². The van der Waals surface area contributed by atoms with E-state index in [1.807, 2.05) is 122 Å². The highest BCUT2D eigenvalue weighted by atomic mass is 16.5. The summed E-state index contributed by atoms with van der Waals surface area (Å²) in [5.41, 5.74) is 6.52. The summed E-state index contributed by atoms with van der Waals surface area (Å²) in [5.74, 6) is -0.235. The Kier molecular flexibility index (Phi) is 18.3. The molecule has 0 fully saturated rings. The Morgan fingerprint density at radius 1 is 0.679 bits per heavy atom. The van der Waals surface area contributed by atoms with E-state index < -0.39 is 11.9 Å². The van der Waals surface area contributed by atoms with E-state index >= 15 is 0 Å². The van der Waals surface area contributed by atoms with E-state index in [0.717, 1.165) is 45.7 Å². The summed E-state index contributed by atoms with van der Waals surface area (Å²) >= 11 is 0. The molecule has 10 nitrogen and oxygen atoms in total. The van der Waals surface area contributed by atoms with Gasteiger partial charge in [0.25, 0.3) is 0 Å². The van der Waals surface area contributed by atoms with Crippen molar-refractivity contribution in [1.82, 2.24) is 9.80 Å². The average molecular weight is 765 g/mol. The molecule has 0 spiro atoms. The third-order valence-electron chi connectivity index (χ3n) is 9.42. The summed E-state index contributed by atoms with van der Waals surface area (Å²) in [6, 6.07) is 33.9. The van der Waals surface area contributed by atoms with Gasteiger partial charge in [0.15, 0.2) is 0 Å². The van der Waals surface area contributed by atoms with Gasteiger partial charge < -0.3 is 29.5 Å². The van der Waals surface area contributed by atoms with Crippen LogP contribution in [0.1, 0.15) is 41.2 Å². The number of hydrogen-bond acceptors (Lipinski definition) is 8. The number of allylic oxidation sites excluding steroid dienone is 3. The molecule has 0 aliphatic heterocycles. The monoisotopic (exact) mass is 764 g/mol. The number of carbonyl (C=O) groups is 2. The third-order valence-corrected chi connectivity index (χ3v) is 9.42. The summed E-state index contributed by atoms with van der Waals surface area (Å²) in [5, 5.41) is 28.0. The molecule has 3 N–H and O–H groups in total. The number of nitrogens with zero attached hydrogens (tertiary/aromatic N) is 2. The van der Waals surface area contributed by atoms with Crippen LogP contribution in [0.5, 0.6) is 11.5 Å². The molecule has 2 atom stereocenters. The minimum absolute atomic E-state index is 0.00155. The zero-order valence-electron chi connectivity index (χ0n) is 32.8. The molecule has 0 amide bonds. The Bertz CT molecular complexity index is 1830. The number of benzene rings is 4. The molecule has 298 valence electrons. The van der Waals surface area contributed by atoms with E-state index in [2.05, 4.69) is 18.2 Å². The lowest BCUT2D eigenvalue weighted by Gasteiger charge is -2.27. The highest BCUT2D eigenvalue weighted by Gasteiger charge is 2.19. The minimum atomic E-state index is -0.890. The van der Waals surface area contributed by atoms with E-state index in [1.165, 1.54) is 5.56 Å². The topological polar surface area (TPSA) is 129 Å². The van der Waals surface area contributed by atoms with Gasteiger partial charge in [-0.25, -0.2) is 0 Å². The van der Waals surface area contributed by atoms with Crippen molar-refractivity contribution < 1.29 is 39.1 Å². The number of rotatable bonds is 25. The molecular weight excluding hydrogens is 709 g/mol. The normalized spacial score (nSPS) is 12.9. The molecule has 56 heavy (non-hydrogen) atoms. The van der Waals surface area contributed by atoms with Crippen molar-refractivity contribution in [3.8, 4) is 11.5 Å². The van der Waals surface area contributed by atoms with Gasteiger partial charge in [-0.1, -0.05) is 97.1 Å². The number of aliphatic carboxylic acids is 2. The molecule has 0 aliphatic rings. The van der Waals surface area contributed by atoms with Crippen molar-refractivity contribution in [2.45, 2.75) is 57.9 Å². The van der Waals surface area contributed by atoms with Crippen LogP contribution in [0.4, 0.5) is 0 Å². The second-order valence-electron chi connectivity index (χ2n) is 14.2. The van der Waals surface area contributed by atoms with Crippen LogP contribution in [0.25, 0.3) is 0 Å². The van der Waals surface area contributed by atoms with E-state index in [0.29, 0.717) is 45.7 Å². The number of aliphatic hydroxyl groups excluding tert-OH is 1. The van der Waals surface area contributed by atoms with E-state index in [-0.39, 0.29) is 31.8 Å². The molecule has 4 aromatic rings. The fourth-order valence-corrected chi connectivity index (χ4v) is 6.24. The molecule has 0 bridgehead atoms. The second-order valence-corrected chi connectivity index (χ2v) is 14.2. The highest BCUT2D eigenvalue weighted by Crippen LogP contribution is 2.19. The van der Waals surface area contributed by atoms with Gasteiger partial charge in [0.05, 0.1) is 26.3 Å². The maximum atomic E-state index is 11.5. The first-order chi connectivity index (χ1) is 27.1. The molecule has 0 saturated carbocycles. The van der Waals surface area contributed by atoms with Crippen molar-refractivity contribution in [1.29, 1.82) is 0 Å². The van der Waals surface area contributed by atoms with Gasteiger partial charge in [-0.15, -0.1) is 0 Å². The third kappa shape index (κ3) is 16.2. The zero-order chi connectivity index (χ0) is 40.1. The van der Waals surface area contributed by atoms with Crippen LogP contribution in [0.3, 0.4) is 0 Å². The molecule has 0 radical (unpaired) electrons. The molecule has 4 rings (SSSR count). The number of aliphatic hydroxyl groups is 1. The molecule has 0 heterocycles. The van der Waals surface area contributed by atoms with Gasteiger partial charge in [0.1, 0.15) is 24.7 Å². The standard InChI is InChI=1S/C46H56N2O8/c1-35(31-54-34-42(48(3)30-46(52)53)28-38-18-22-43(23-19-38)55-32-39-12-5-4-6-13-39)10-7-8-11-36-14-9-15-40(26-36)33-56-44-20-16-37(17-21-44)27-41(24-25-49)47(2)29-45(50)51/h4-10,12-23,26,41-42,49H,11,24-25,27-34H2,1-3H3,(H,50,51)(H,52,53)/b8-7-,35-10+/t41-,42+/m1/s1. The lowest BCUT2D eigenvalue weighted by molar-refractivity contribution is -0.139. The van der Waals surface area contributed by atoms with Gasteiger partial charge in [0, 0.05) is 18.7 Å². The van der Waals surface area contributed by atoms with Crippen LogP contribution in [-0.2, 0) is 46.8 Å². The Hall–Kier alpha value is -5.26. The van der Waals surface area contributed by atoms with Crippen molar-refractivity contribution >= 4 is 11.9 Å². The highest BCUT2D eigenvalue weighted by molar-refractivity contribution is 5.69. The van der Waals surface area contributed by atoms with Gasteiger partial charge in [-0.2, -0.15) is 0 Å². The Labute approximate surface area is 331 Å². The molecule has 4 aromatic carbocycles. The smallest absolute Gasteiger partial charge is 0.317 e. The van der Waals surface area contributed by atoms with E-state index in [4.69, 9.17) is 19.3 Å². The number of ether oxygens (including phenoxy) is 3. The summed E-state index contributed by atoms with van der Waals surface area (Å²) in [6.07, 6.45) is 8.72. The van der Waals surface area contributed by atoms with Gasteiger partial charge in [-0.05, 0) is 104 Å². The van der Waals surface area contributed by atoms with Crippen LogP contribution in [0.2, 0.25) is 0 Å². The van der Waals surface area contributed by atoms with E-state index in [9.17, 15) is 19.8 Å². The predicted molar refractivity (Wildman–Crippen MR) is 219 cm³/mol. The summed E-state index contributed by atoms with van der Waals surface area (Å²) in [4.78, 5) is 26.2. The first-order valence-corrected chi connectivity index (χ1v) is 19.0.